The van der Waals surface area contributed by atoms with E-state index < -0.39 is 21.9 Å². The van der Waals surface area contributed by atoms with Crippen LogP contribution in [0.25, 0.3) is 0 Å². The second-order valence-electron chi connectivity index (χ2n) is 5.86. The number of piperidine rings is 1. The maximum atomic E-state index is 12.6. The van der Waals surface area contributed by atoms with Crippen molar-refractivity contribution >= 4 is 16.0 Å². The van der Waals surface area contributed by atoms with Crippen LogP contribution in [0.5, 0.6) is 0 Å². The van der Waals surface area contributed by atoms with Gasteiger partial charge in [-0.15, -0.1) is 0 Å². The summed E-state index contributed by atoms with van der Waals surface area (Å²) in [6.07, 6.45) is 3.04. The van der Waals surface area contributed by atoms with E-state index >= 15 is 0 Å². The van der Waals surface area contributed by atoms with Gasteiger partial charge in [-0.1, -0.05) is 12.1 Å². The number of carboxylic acid groups (broad SMARTS) is 1. The first-order valence-corrected chi connectivity index (χ1v) is 8.75. The Balaban J connectivity index is 1.78. The first-order valence-electron chi connectivity index (χ1n) is 7.31. The molecule has 2 aliphatic rings. The molecule has 0 spiro atoms. The molecule has 114 valence electrons. The van der Waals surface area contributed by atoms with Crippen LogP contribution in [0, 0.1) is 5.92 Å². The number of hydrogen-bond acceptors (Lipinski definition) is 3. The van der Waals surface area contributed by atoms with Crippen LogP contribution in [0.2, 0.25) is 0 Å². The van der Waals surface area contributed by atoms with Gasteiger partial charge in [0.1, 0.15) is 0 Å². The number of carbonyl (C=O) groups is 1. The lowest BCUT2D eigenvalue weighted by Gasteiger charge is -2.29. The highest BCUT2D eigenvalue weighted by atomic mass is 32.2. The van der Waals surface area contributed by atoms with Gasteiger partial charge in [0.05, 0.1) is 10.8 Å². The fourth-order valence-corrected chi connectivity index (χ4v) is 4.36. The van der Waals surface area contributed by atoms with Crippen LogP contribution in [0.1, 0.15) is 37.2 Å². The predicted molar refractivity (Wildman–Crippen MR) is 77.5 cm³/mol. The first kappa shape index (κ1) is 14.5. The average Bonchev–Trinajstić information content (AvgIpc) is 3.32. The van der Waals surface area contributed by atoms with E-state index in [2.05, 4.69) is 0 Å². The lowest BCUT2D eigenvalue weighted by atomic mass is 9.99. The molecule has 0 unspecified atom stereocenters. The first-order chi connectivity index (χ1) is 9.98. The zero-order chi connectivity index (χ0) is 15.0. The minimum atomic E-state index is -3.50. The lowest BCUT2D eigenvalue weighted by Crippen LogP contribution is -2.40. The molecule has 6 heteroatoms. The molecule has 0 bridgehead atoms. The van der Waals surface area contributed by atoms with Gasteiger partial charge < -0.3 is 5.11 Å². The average molecular weight is 309 g/mol. The molecule has 1 saturated carbocycles. The third-order valence-corrected chi connectivity index (χ3v) is 6.24. The van der Waals surface area contributed by atoms with Crippen molar-refractivity contribution in [3.8, 4) is 0 Å². The van der Waals surface area contributed by atoms with Crippen molar-refractivity contribution in [1.82, 2.24) is 4.31 Å². The molecule has 1 heterocycles. The van der Waals surface area contributed by atoms with Gasteiger partial charge in [-0.2, -0.15) is 4.31 Å². The number of rotatable bonds is 4. The molecule has 0 radical (unpaired) electrons. The fraction of sp³-hybridized carbons (Fsp3) is 0.533. The molecule has 0 aromatic heterocycles. The topological polar surface area (TPSA) is 74.7 Å². The number of benzene rings is 1. The van der Waals surface area contributed by atoms with Gasteiger partial charge in [0.25, 0.3) is 0 Å². The standard InChI is InChI=1S/C15H19NO4S/c17-15(18)12-6-8-16(9-7-12)21(19,20)14-3-1-2-13(10-14)11-4-5-11/h1-3,10-12H,4-9H2,(H,17,18). The fourth-order valence-electron chi connectivity index (χ4n) is 2.84. The largest absolute Gasteiger partial charge is 0.481 e. The Bertz CT molecular complexity index is 643. The summed E-state index contributed by atoms with van der Waals surface area (Å²) in [5.41, 5.74) is 1.09. The van der Waals surface area contributed by atoms with E-state index in [4.69, 9.17) is 5.11 Å². The van der Waals surface area contributed by atoms with Crippen LogP contribution >= 0.6 is 0 Å². The third-order valence-electron chi connectivity index (χ3n) is 4.35. The number of nitrogens with zero attached hydrogens (tertiary/aromatic N) is 1. The van der Waals surface area contributed by atoms with Crippen molar-refractivity contribution in [2.24, 2.45) is 5.92 Å². The van der Waals surface area contributed by atoms with Crippen LogP contribution in [-0.4, -0.2) is 36.9 Å². The van der Waals surface area contributed by atoms with Crippen molar-refractivity contribution in [2.45, 2.75) is 36.5 Å². The molecule has 1 aliphatic heterocycles. The summed E-state index contributed by atoms with van der Waals surface area (Å²) in [4.78, 5) is 11.3. The van der Waals surface area contributed by atoms with Gasteiger partial charge in [0, 0.05) is 13.1 Å². The Labute approximate surface area is 124 Å². The molecule has 1 aromatic rings. The highest BCUT2D eigenvalue weighted by Gasteiger charge is 2.32. The molecular weight excluding hydrogens is 290 g/mol. The van der Waals surface area contributed by atoms with E-state index in [0.717, 1.165) is 18.4 Å². The molecule has 21 heavy (non-hydrogen) atoms. The predicted octanol–water partition coefficient (Wildman–Crippen LogP) is 2.05. The summed E-state index contributed by atoms with van der Waals surface area (Å²) in [5, 5.41) is 8.98. The summed E-state index contributed by atoms with van der Waals surface area (Å²) < 4.78 is 26.7. The number of hydrogen-bond donors (Lipinski definition) is 1. The zero-order valence-electron chi connectivity index (χ0n) is 11.7. The number of carboxylic acids is 1. The second-order valence-corrected chi connectivity index (χ2v) is 7.80. The molecule has 1 aromatic carbocycles. The summed E-state index contributed by atoms with van der Waals surface area (Å²) in [6.45, 7) is 0.569. The Hall–Kier alpha value is -1.40. The lowest BCUT2D eigenvalue weighted by molar-refractivity contribution is -0.142. The summed E-state index contributed by atoms with van der Waals surface area (Å²) >= 11 is 0. The molecule has 1 N–H and O–H groups in total. The van der Waals surface area contributed by atoms with E-state index in [-0.39, 0.29) is 13.1 Å². The van der Waals surface area contributed by atoms with Crippen molar-refractivity contribution in [1.29, 1.82) is 0 Å². The smallest absolute Gasteiger partial charge is 0.306 e. The number of aliphatic carboxylic acids is 1. The highest BCUT2D eigenvalue weighted by Crippen LogP contribution is 2.40. The molecular formula is C15H19NO4S. The molecule has 0 atom stereocenters. The molecule has 1 aliphatic carbocycles. The van der Waals surface area contributed by atoms with Crippen molar-refractivity contribution < 1.29 is 18.3 Å². The van der Waals surface area contributed by atoms with Gasteiger partial charge in [0.2, 0.25) is 10.0 Å². The maximum absolute atomic E-state index is 12.6. The monoisotopic (exact) mass is 309 g/mol. The van der Waals surface area contributed by atoms with Crippen LogP contribution in [-0.2, 0) is 14.8 Å². The Morgan fingerprint density at radius 1 is 1.14 bits per heavy atom. The van der Waals surface area contributed by atoms with Crippen LogP contribution in [0.15, 0.2) is 29.2 Å². The normalized spacial score (nSPS) is 21.3. The molecule has 2 fully saturated rings. The Kier molecular flexibility index (Phi) is 3.75. The Morgan fingerprint density at radius 3 is 2.38 bits per heavy atom. The van der Waals surface area contributed by atoms with Gasteiger partial charge in [-0.25, -0.2) is 8.42 Å². The molecule has 1 saturated heterocycles. The summed E-state index contributed by atoms with van der Waals surface area (Å²) in [7, 11) is -3.50. The van der Waals surface area contributed by atoms with E-state index in [1.807, 2.05) is 6.07 Å². The SMILES string of the molecule is O=C(O)C1CCN(S(=O)(=O)c2cccc(C3CC3)c2)CC1. The van der Waals surface area contributed by atoms with E-state index in [1.54, 1.807) is 18.2 Å². The minimum Gasteiger partial charge on any atom is -0.481 e. The number of sulfonamides is 1. The quantitative estimate of drug-likeness (QED) is 0.923. The van der Waals surface area contributed by atoms with Gasteiger partial charge in [-0.05, 0) is 49.3 Å². The second kappa shape index (κ2) is 5.42. The van der Waals surface area contributed by atoms with Gasteiger partial charge in [0.15, 0.2) is 0 Å². The van der Waals surface area contributed by atoms with Crippen LogP contribution < -0.4 is 0 Å². The highest BCUT2D eigenvalue weighted by molar-refractivity contribution is 7.89. The van der Waals surface area contributed by atoms with Crippen molar-refractivity contribution in [3.63, 3.8) is 0 Å². The van der Waals surface area contributed by atoms with E-state index in [9.17, 15) is 13.2 Å². The Morgan fingerprint density at radius 2 is 1.81 bits per heavy atom. The van der Waals surface area contributed by atoms with Crippen LogP contribution in [0.4, 0.5) is 0 Å². The van der Waals surface area contributed by atoms with Crippen molar-refractivity contribution in [3.05, 3.63) is 29.8 Å². The summed E-state index contributed by atoms with van der Waals surface area (Å²) in [5.74, 6) is -0.741. The van der Waals surface area contributed by atoms with Crippen molar-refractivity contribution in [2.75, 3.05) is 13.1 Å². The van der Waals surface area contributed by atoms with Gasteiger partial charge in [-0.3, -0.25) is 4.79 Å². The molecule has 3 rings (SSSR count). The minimum absolute atomic E-state index is 0.285. The van der Waals surface area contributed by atoms with Gasteiger partial charge >= 0.3 is 5.97 Å². The maximum Gasteiger partial charge on any atom is 0.306 e. The zero-order valence-corrected chi connectivity index (χ0v) is 12.6. The van der Waals surface area contributed by atoms with E-state index in [0.29, 0.717) is 23.7 Å². The van der Waals surface area contributed by atoms with Crippen LogP contribution in [0.3, 0.4) is 0 Å². The molecule has 0 amide bonds. The summed E-state index contributed by atoms with van der Waals surface area (Å²) in [6, 6.07) is 7.18. The molecule has 5 nitrogen and oxygen atoms in total. The van der Waals surface area contributed by atoms with E-state index in [1.165, 1.54) is 4.31 Å². The third kappa shape index (κ3) is 2.96.